The summed E-state index contributed by atoms with van der Waals surface area (Å²) in [6.45, 7) is 0. The molecule has 0 unspecified atom stereocenters. The molecule has 21 heavy (non-hydrogen) atoms. The monoisotopic (exact) mass is 340 g/mol. The predicted molar refractivity (Wildman–Crippen MR) is 83.0 cm³/mol. The maximum atomic E-state index is 12.1. The fourth-order valence-electron chi connectivity index (χ4n) is 1.94. The molecule has 3 rings (SSSR count). The highest BCUT2D eigenvalue weighted by molar-refractivity contribution is 9.10. The number of nitrogens with zero attached hydrogens (tertiary/aromatic N) is 1. The molecule has 0 fully saturated rings. The Morgan fingerprint density at radius 1 is 1.14 bits per heavy atom. The van der Waals surface area contributed by atoms with Crippen LogP contribution in [0.2, 0.25) is 0 Å². The van der Waals surface area contributed by atoms with E-state index in [1.807, 2.05) is 24.3 Å². The van der Waals surface area contributed by atoms with Crippen molar-refractivity contribution in [1.82, 2.24) is 0 Å². The second-order valence-corrected chi connectivity index (χ2v) is 5.35. The summed E-state index contributed by atoms with van der Waals surface area (Å²) in [5, 5.41) is 12.3. The smallest absolute Gasteiger partial charge is 0.291 e. The van der Waals surface area contributed by atoms with E-state index in [0.29, 0.717) is 16.8 Å². The topological polar surface area (TPSA) is 66.0 Å². The minimum absolute atomic E-state index is 0.243. The molecule has 0 bridgehead atoms. The fraction of sp³-hybridized carbons (Fsp3) is 0. The second kappa shape index (κ2) is 5.43. The number of carbonyl (C=O) groups is 1. The first-order valence-corrected chi connectivity index (χ1v) is 6.95. The van der Waals surface area contributed by atoms with Crippen LogP contribution in [0.3, 0.4) is 0 Å². The van der Waals surface area contributed by atoms with Gasteiger partial charge in [-0.1, -0.05) is 15.9 Å². The quantitative estimate of drug-likeness (QED) is 0.755. The Bertz CT molecular complexity index is 860. The lowest BCUT2D eigenvalue weighted by atomic mass is 10.2. The predicted octanol–water partition coefficient (Wildman–Crippen LogP) is 4.32. The van der Waals surface area contributed by atoms with Crippen LogP contribution < -0.4 is 5.32 Å². The van der Waals surface area contributed by atoms with E-state index in [4.69, 9.17) is 9.68 Å². The van der Waals surface area contributed by atoms with E-state index in [9.17, 15) is 4.79 Å². The standard InChI is InChI=1S/C16H9BrN2O2/c17-12-4-3-11-7-15(21-14(11)8-12)16(20)19-13-5-1-10(9-18)2-6-13/h1-8H,(H,19,20). The van der Waals surface area contributed by atoms with Crippen molar-refractivity contribution in [3.8, 4) is 6.07 Å². The first-order chi connectivity index (χ1) is 10.2. The average molecular weight is 341 g/mol. The van der Waals surface area contributed by atoms with Crippen molar-refractivity contribution in [3.05, 3.63) is 64.3 Å². The van der Waals surface area contributed by atoms with Crippen LogP contribution in [0.15, 0.2) is 57.4 Å². The van der Waals surface area contributed by atoms with Crippen molar-refractivity contribution in [2.75, 3.05) is 5.32 Å². The van der Waals surface area contributed by atoms with Gasteiger partial charge in [-0.25, -0.2) is 0 Å². The van der Waals surface area contributed by atoms with Crippen LogP contribution in [0.5, 0.6) is 0 Å². The molecule has 0 atom stereocenters. The number of amides is 1. The molecular formula is C16H9BrN2O2. The number of nitriles is 1. The molecule has 0 spiro atoms. The zero-order chi connectivity index (χ0) is 14.8. The summed E-state index contributed by atoms with van der Waals surface area (Å²) >= 11 is 3.36. The Hall–Kier alpha value is -2.58. The Kier molecular flexibility index (Phi) is 3.46. The molecule has 4 nitrogen and oxygen atoms in total. The summed E-state index contributed by atoms with van der Waals surface area (Å²) in [6, 6.07) is 15.9. The Balaban J connectivity index is 1.84. The zero-order valence-corrected chi connectivity index (χ0v) is 12.3. The molecule has 2 aromatic carbocycles. The fourth-order valence-corrected chi connectivity index (χ4v) is 2.28. The van der Waals surface area contributed by atoms with Crippen molar-refractivity contribution in [2.24, 2.45) is 0 Å². The normalized spacial score (nSPS) is 10.3. The van der Waals surface area contributed by atoms with Gasteiger partial charge in [-0.05, 0) is 48.5 Å². The lowest BCUT2D eigenvalue weighted by molar-refractivity contribution is 0.0998. The number of benzene rings is 2. The Labute approximate surface area is 129 Å². The molecule has 0 saturated heterocycles. The van der Waals surface area contributed by atoms with Gasteiger partial charge in [0.05, 0.1) is 11.6 Å². The van der Waals surface area contributed by atoms with Gasteiger partial charge in [0.15, 0.2) is 5.76 Å². The number of fused-ring (bicyclic) bond motifs is 1. The van der Waals surface area contributed by atoms with Crippen LogP contribution in [0.1, 0.15) is 16.1 Å². The number of nitrogens with one attached hydrogen (secondary N) is 1. The molecule has 0 aliphatic carbocycles. The highest BCUT2D eigenvalue weighted by Crippen LogP contribution is 2.24. The molecule has 5 heteroatoms. The van der Waals surface area contributed by atoms with Gasteiger partial charge in [-0.2, -0.15) is 5.26 Å². The highest BCUT2D eigenvalue weighted by atomic mass is 79.9. The maximum Gasteiger partial charge on any atom is 0.291 e. The van der Waals surface area contributed by atoms with Crippen LogP contribution in [0.4, 0.5) is 5.69 Å². The summed E-state index contributed by atoms with van der Waals surface area (Å²) in [5.41, 5.74) is 1.80. The van der Waals surface area contributed by atoms with Crippen molar-refractivity contribution < 1.29 is 9.21 Å². The number of furan rings is 1. The van der Waals surface area contributed by atoms with Crippen LogP contribution in [0.25, 0.3) is 11.0 Å². The molecule has 1 aromatic heterocycles. The van der Waals surface area contributed by atoms with Crippen LogP contribution in [0, 0.1) is 11.3 Å². The molecular weight excluding hydrogens is 332 g/mol. The van der Waals surface area contributed by atoms with Gasteiger partial charge in [0.25, 0.3) is 5.91 Å². The summed E-state index contributed by atoms with van der Waals surface area (Å²) < 4.78 is 6.43. The van der Waals surface area contributed by atoms with Gasteiger partial charge >= 0.3 is 0 Å². The third-order valence-corrected chi connectivity index (χ3v) is 3.47. The SMILES string of the molecule is N#Cc1ccc(NC(=O)c2cc3ccc(Br)cc3o2)cc1. The summed E-state index contributed by atoms with van der Waals surface area (Å²) in [6.07, 6.45) is 0. The first kappa shape index (κ1) is 13.4. The van der Waals surface area contributed by atoms with E-state index >= 15 is 0 Å². The first-order valence-electron chi connectivity index (χ1n) is 6.16. The third-order valence-electron chi connectivity index (χ3n) is 2.98. The minimum atomic E-state index is -0.327. The Morgan fingerprint density at radius 2 is 1.90 bits per heavy atom. The third kappa shape index (κ3) is 2.81. The lowest BCUT2D eigenvalue weighted by Crippen LogP contribution is -2.10. The number of anilines is 1. The van der Waals surface area contributed by atoms with E-state index in [0.717, 1.165) is 9.86 Å². The van der Waals surface area contributed by atoms with Gasteiger partial charge < -0.3 is 9.73 Å². The number of halogens is 1. The molecule has 0 aliphatic rings. The molecule has 3 aromatic rings. The van der Waals surface area contributed by atoms with E-state index in [1.165, 1.54) is 0 Å². The van der Waals surface area contributed by atoms with Crippen LogP contribution in [-0.2, 0) is 0 Å². The average Bonchev–Trinajstić information content (AvgIpc) is 2.91. The van der Waals surface area contributed by atoms with Crippen LogP contribution in [-0.4, -0.2) is 5.91 Å². The largest absolute Gasteiger partial charge is 0.451 e. The molecule has 1 heterocycles. The van der Waals surface area contributed by atoms with Crippen molar-refractivity contribution >= 4 is 38.5 Å². The Morgan fingerprint density at radius 3 is 2.62 bits per heavy atom. The summed E-state index contributed by atoms with van der Waals surface area (Å²) in [4.78, 5) is 12.1. The molecule has 0 radical (unpaired) electrons. The highest BCUT2D eigenvalue weighted by Gasteiger charge is 2.12. The van der Waals surface area contributed by atoms with Crippen molar-refractivity contribution in [1.29, 1.82) is 5.26 Å². The van der Waals surface area contributed by atoms with E-state index < -0.39 is 0 Å². The van der Waals surface area contributed by atoms with Gasteiger partial charge in [0.2, 0.25) is 0 Å². The summed E-state index contributed by atoms with van der Waals surface area (Å²) in [7, 11) is 0. The van der Waals surface area contributed by atoms with Crippen molar-refractivity contribution in [3.63, 3.8) is 0 Å². The van der Waals surface area contributed by atoms with Gasteiger partial charge in [0, 0.05) is 15.5 Å². The minimum Gasteiger partial charge on any atom is -0.451 e. The number of hydrogen-bond acceptors (Lipinski definition) is 3. The van der Waals surface area contributed by atoms with E-state index in [-0.39, 0.29) is 11.7 Å². The van der Waals surface area contributed by atoms with Crippen LogP contribution >= 0.6 is 15.9 Å². The van der Waals surface area contributed by atoms with Gasteiger partial charge in [0.1, 0.15) is 5.58 Å². The molecule has 1 amide bonds. The summed E-state index contributed by atoms with van der Waals surface area (Å²) in [5.74, 6) is -0.0838. The molecule has 0 aliphatic heterocycles. The second-order valence-electron chi connectivity index (χ2n) is 4.44. The molecule has 0 saturated carbocycles. The van der Waals surface area contributed by atoms with Gasteiger partial charge in [-0.3, -0.25) is 4.79 Å². The maximum absolute atomic E-state index is 12.1. The zero-order valence-electron chi connectivity index (χ0n) is 10.8. The number of rotatable bonds is 2. The molecule has 1 N–H and O–H groups in total. The van der Waals surface area contributed by atoms with E-state index in [2.05, 4.69) is 21.2 Å². The van der Waals surface area contributed by atoms with Crippen molar-refractivity contribution in [2.45, 2.75) is 0 Å². The van der Waals surface area contributed by atoms with Gasteiger partial charge in [-0.15, -0.1) is 0 Å². The van der Waals surface area contributed by atoms with E-state index in [1.54, 1.807) is 30.3 Å². The number of carbonyl (C=O) groups excluding carboxylic acids is 1. The molecule has 102 valence electrons. The number of hydrogen-bond donors (Lipinski definition) is 1. The lowest BCUT2D eigenvalue weighted by Gasteiger charge is -2.02.